The molecule has 0 aliphatic rings. The van der Waals surface area contributed by atoms with Crippen LogP contribution in [0, 0.1) is 5.82 Å². The molecule has 4 nitrogen and oxygen atoms in total. The summed E-state index contributed by atoms with van der Waals surface area (Å²) in [6.45, 7) is 0.436. The number of pyridine rings is 1. The molecule has 1 amide bonds. The molecule has 1 aromatic carbocycles. The standard InChI is InChI=1S/C14H13BrFN3O/c1-19(8-9-2-4-18-5-3-9)14(20)10-6-13(17)12(16)7-11(10)15/h2-7H,8,17H2,1H3. The number of amides is 1. The maximum absolute atomic E-state index is 13.3. The van der Waals surface area contributed by atoms with E-state index in [9.17, 15) is 9.18 Å². The molecule has 0 saturated carbocycles. The predicted molar refractivity (Wildman–Crippen MR) is 78.5 cm³/mol. The number of carbonyl (C=O) groups excluding carboxylic acids is 1. The summed E-state index contributed by atoms with van der Waals surface area (Å²) in [7, 11) is 1.68. The zero-order chi connectivity index (χ0) is 14.7. The third kappa shape index (κ3) is 3.14. The van der Waals surface area contributed by atoms with Crippen molar-refractivity contribution in [1.82, 2.24) is 9.88 Å². The number of nitrogen functional groups attached to an aromatic ring is 1. The van der Waals surface area contributed by atoms with Gasteiger partial charge >= 0.3 is 0 Å². The summed E-state index contributed by atoms with van der Waals surface area (Å²) in [4.78, 5) is 17.8. The molecule has 1 aromatic heterocycles. The van der Waals surface area contributed by atoms with Crippen LogP contribution < -0.4 is 5.73 Å². The van der Waals surface area contributed by atoms with Crippen LogP contribution in [0.2, 0.25) is 0 Å². The lowest BCUT2D eigenvalue weighted by atomic mass is 10.1. The third-order valence-corrected chi connectivity index (χ3v) is 3.49. The lowest BCUT2D eigenvalue weighted by molar-refractivity contribution is 0.0784. The van der Waals surface area contributed by atoms with Crippen LogP contribution in [0.3, 0.4) is 0 Å². The van der Waals surface area contributed by atoms with Crippen LogP contribution in [-0.4, -0.2) is 22.8 Å². The van der Waals surface area contributed by atoms with E-state index in [0.717, 1.165) is 5.56 Å². The minimum Gasteiger partial charge on any atom is -0.396 e. The van der Waals surface area contributed by atoms with Gasteiger partial charge in [-0.1, -0.05) is 0 Å². The Labute approximate surface area is 124 Å². The number of rotatable bonds is 3. The first kappa shape index (κ1) is 14.5. The quantitative estimate of drug-likeness (QED) is 0.876. The van der Waals surface area contributed by atoms with Gasteiger partial charge in [-0.2, -0.15) is 0 Å². The molecule has 0 fully saturated rings. The summed E-state index contributed by atoms with van der Waals surface area (Å²) in [5, 5.41) is 0. The van der Waals surface area contributed by atoms with E-state index in [1.54, 1.807) is 19.4 Å². The monoisotopic (exact) mass is 337 g/mol. The van der Waals surface area contributed by atoms with Gasteiger partial charge in [-0.15, -0.1) is 0 Å². The first-order valence-corrected chi connectivity index (χ1v) is 6.67. The molecule has 1 heterocycles. The van der Waals surface area contributed by atoms with Crippen molar-refractivity contribution >= 4 is 27.5 Å². The van der Waals surface area contributed by atoms with Gasteiger partial charge in [-0.25, -0.2) is 4.39 Å². The van der Waals surface area contributed by atoms with Crippen molar-refractivity contribution in [3.8, 4) is 0 Å². The van der Waals surface area contributed by atoms with Crippen molar-refractivity contribution in [1.29, 1.82) is 0 Å². The molecule has 20 heavy (non-hydrogen) atoms. The Hall–Kier alpha value is -1.95. The zero-order valence-electron chi connectivity index (χ0n) is 10.8. The summed E-state index contributed by atoms with van der Waals surface area (Å²) in [5.41, 5.74) is 6.75. The van der Waals surface area contributed by atoms with Crippen LogP contribution >= 0.6 is 15.9 Å². The predicted octanol–water partition coefficient (Wildman–Crippen LogP) is 2.84. The number of benzene rings is 1. The van der Waals surface area contributed by atoms with E-state index < -0.39 is 5.82 Å². The van der Waals surface area contributed by atoms with E-state index in [0.29, 0.717) is 16.6 Å². The maximum atomic E-state index is 13.3. The fraction of sp³-hybridized carbons (Fsp3) is 0.143. The average molecular weight is 338 g/mol. The smallest absolute Gasteiger partial charge is 0.255 e. The topological polar surface area (TPSA) is 59.2 Å². The van der Waals surface area contributed by atoms with Crippen LogP contribution in [0.25, 0.3) is 0 Å². The fourth-order valence-electron chi connectivity index (χ4n) is 1.77. The van der Waals surface area contributed by atoms with Crippen LogP contribution in [0.15, 0.2) is 41.1 Å². The summed E-state index contributed by atoms with van der Waals surface area (Å²) in [5.74, 6) is -0.786. The number of hydrogen-bond donors (Lipinski definition) is 1. The summed E-state index contributed by atoms with van der Waals surface area (Å²) >= 11 is 3.18. The van der Waals surface area contributed by atoms with E-state index in [2.05, 4.69) is 20.9 Å². The molecule has 2 N–H and O–H groups in total. The highest BCUT2D eigenvalue weighted by molar-refractivity contribution is 9.10. The van der Waals surface area contributed by atoms with Gasteiger partial charge in [0.15, 0.2) is 0 Å². The molecule has 0 saturated heterocycles. The summed E-state index contributed by atoms with van der Waals surface area (Å²) in [6, 6.07) is 6.20. The van der Waals surface area contributed by atoms with Crippen LogP contribution in [0.5, 0.6) is 0 Å². The number of halogens is 2. The Bertz CT molecular complexity index is 634. The molecule has 0 unspecified atom stereocenters. The minimum atomic E-state index is -0.551. The Morgan fingerprint density at radius 2 is 2.05 bits per heavy atom. The summed E-state index contributed by atoms with van der Waals surface area (Å²) < 4.78 is 13.7. The number of nitrogens with zero attached hydrogens (tertiary/aromatic N) is 2. The highest BCUT2D eigenvalue weighted by Crippen LogP contribution is 2.24. The number of nitrogens with two attached hydrogens (primary N) is 1. The Morgan fingerprint density at radius 3 is 2.70 bits per heavy atom. The largest absolute Gasteiger partial charge is 0.396 e. The third-order valence-electron chi connectivity index (χ3n) is 2.83. The van der Waals surface area contributed by atoms with Crippen molar-refractivity contribution in [3.05, 3.63) is 58.1 Å². The molecule has 2 aromatic rings. The Kier molecular flexibility index (Phi) is 4.34. The normalized spacial score (nSPS) is 10.3. The van der Waals surface area contributed by atoms with Gasteiger partial charge in [0.2, 0.25) is 0 Å². The number of anilines is 1. The van der Waals surface area contributed by atoms with E-state index in [1.807, 2.05) is 12.1 Å². The second kappa shape index (κ2) is 6.00. The van der Waals surface area contributed by atoms with E-state index in [-0.39, 0.29) is 11.6 Å². The first-order valence-electron chi connectivity index (χ1n) is 5.88. The molecule has 6 heteroatoms. The van der Waals surface area contributed by atoms with Crippen molar-refractivity contribution in [2.75, 3.05) is 12.8 Å². The maximum Gasteiger partial charge on any atom is 0.255 e. The van der Waals surface area contributed by atoms with Crippen molar-refractivity contribution in [3.63, 3.8) is 0 Å². The lowest BCUT2D eigenvalue weighted by Crippen LogP contribution is -2.26. The molecular formula is C14H13BrFN3O. The van der Waals surface area contributed by atoms with Gasteiger partial charge < -0.3 is 10.6 Å². The molecule has 0 aliphatic carbocycles. The highest BCUT2D eigenvalue weighted by atomic mass is 79.9. The highest BCUT2D eigenvalue weighted by Gasteiger charge is 2.17. The van der Waals surface area contributed by atoms with Gasteiger partial charge in [0.1, 0.15) is 5.82 Å². The molecule has 2 rings (SSSR count). The van der Waals surface area contributed by atoms with E-state index in [1.165, 1.54) is 17.0 Å². The molecule has 0 bridgehead atoms. The second-order valence-electron chi connectivity index (χ2n) is 4.37. The van der Waals surface area contributed by atoms with Crippen molar-refractivity contribution < 1.29 is 9.18 Å². The number of aromatic nitrogens is 1. The lowest BCUT2D eigenvalue weighted by Gasteiger charge is -2.18. The molecule has 0 atom stereocenters. The Balaban J connectivity index is 2.21. The molecule has 0 spiro atoms. The van der Waals surface area contributed by atoms with E-state index >= 15 is 0 Å². The van der Waals surface area contributed by atoms with Crippen molar-refractivity contribution in [2.45, 2.75) is 6.54 Å². The fourth-order valence-corrected chi connectivity index (χ4v) is 2.25. The van der Waals surface area contributed by atoms with Gasteiger partial charge in [0, 0.05) is 30.5 Å². The molecule has 0 radical (unpaired) electrons. The van der Waals surface area contributed by atoms with E-state index in [4.69, 9.17) is 5.73 Å². The first-order chi connectivity index (χ1) is 9.49. The Morgan fingerprint density at radius 1 is 1.40 bits per heavy atom. The van der Waals surface area contributed by atoms with Crippen LogP contribution in [0.4, 0.5) is 10.1 Å². The molecule has 104 valence electrons. The zero-order valence-corrected chi connectivity index (χ0v) is 12.4. The van der Waals surface area contributed by atoms with Crippen molar-refractivity contribution in [2.24, 2.45) is 0 Å². The molecule has 0 aliphatic heterocycles. The van der Waals surface area contributed by atoms with Gasteiger partial charge in [-0.3, -0.25) is 9.78 Å². The molecular weight excluding hydrogens is 325 g/mol. The van der Waals surface area contributed by atoms with Crippen LogP contribution in [-0.2, 0) is 6.54 Å². The average Bonchev–Trinajstić information content (AvgIpc) is 2.43. The SMILES string of the molecule is CN(Cc1ccncc1)C(=O)c1cc(N)c(F)cc1Br. The van der Waals surface area contributed by atoms with Gasteiger partial charge in [-0.05, 0) is 45.8 Å². The number of hydrogen-bond acceptors (Lipinski definition) is 3. The minimum absolute atomic E-state index is 0.0474. The van der Waals surface area contributed by atoms with Gasteiger partial charge in [0.05, 0.1) is 11.3 Å². The van der Waals surface area contributed by atoms with Crippen LogP contribution in [0.1, 0.15) is 15.9 Å². The summed E-state index contributed by atoms with van der Waals surface area (Å²) in [6.07, 6.45) is 3.33. The van der Waals surface area contributed by atoms with Gasteiger partial charge in [0.25, 0.3) is 5.91 Å². The second-order valence-corrected chi connectivity index (χ2v) is 5.22. The number of carbonyl (C=O) groups is 1.